The number of halogens is 2. The van der Waals surface area contributed by atoms with Gasteiger partial charge in [-0.05, 0) is 42.8 Å². The minimum atomic E-state index is -1.13. The highest BCUT2D eigenvalue weighted by Gasteiger charge is 2.20. The molecule has 0 aromatic heterocycles. The van der Waals surface area contributed by atoms with Crippen LogP contribution in [0.1, 0.15) is 29.8 Å². The third kappa shape index (κ3) is 6.07. The van der Waals surface area contributed by atoms with Crippen LogP contribution in [0.3, 0.4) is 0 Å². The lowest BCUT2D eigenvalue weighted by atomic mass is 10.1. The second-order valence-corrected chi connectivity index (χ2v) is 6.20. The van der Waals surface area contributed by atoms with Gasteiger partial charge in [0.2, 0.25) is 5.91 Å². The Morgan fingerprint density at radius 1 is 1.15 bits per heavy atom. The summed E-state index contributed by atoms with van der Waals surface area (Å²) in [5.41, 5.74) is 0.999. The van der Waals surface area contributed by atoms with E-state index in [4.69, 9.17) is 16.3 Å². The number of benzene rings is 2. The number of hydrogen-bond donors (Lipinski definition) is 2. The van der Waals surface area contributed by atoms with Gasteiger partial charge in [-0.15, -0.1) is 0 Å². The Kier molecular flexibility index (Phi) is 6.90. The van der Waals surface area contributed by atoms with E-state index >= 15 is 0 Å². The van der Waals surface area contributed by atoms with E-state index in [-0.39, 0.29) is 22.2 Å². The number of rotatable bonds is 6. The highest BCUT2D eigenvalue weighted by Crippen LogP contribution is 2.19. The number of amides is 2. The van der Waals surface area contributed by atoms with Crippen molar-refractivity contribution in [3.05, 3.63) is 64.4 Å². The Balaban J connectivity index is 1.93. The molecule has 0 radical (unpaired) electrons. The SMILES string of the molecule is CC(=O)NCc1ccc(C(=O)OC(C)C(=O)Nc2ccc(Cl)cc2F)cc1. The van der Waals surface area contributed by atoms with Gasteiger partial charge in [0.05, 0.1) is 11.3 Å². The van der Waals surface area contributed by atoms with Crippen molar-refractivity contribution in [3.63, 3.8) is 0 Å². The molecule has 0 bridgehead atoms. The molecule has 0 aliphatic heterocycles. The third-order valence-corrected chi connectivity index (χ3v) is 3.81. The maximum atomic E-state index is 13.7. The van der Waals surface area contributed by atoms with Crippen molar-refractivity contribution in [3.8, 4) is 0 Å². The first-order valence-electron chi connectivity index (χ1n) is 8.06. The van der Waals surface area contributed by atoms with Crippen molar-refractivity contribution in [2.75, 3.05) is 5.32 Å². The quantitative estimate of drug-likeness (QED) is 0.739. The fourth-order valence-electron chi connectivity index (χ4n) is 2.09. The van der Waals surface area contributed by atoms with E-state index in [1.54, 1.807) is 12.1 Å². The van der Waals surface area contributed by atoms with Crippen molar-refractivity contribution >= 4 is 35.1 Å². The first-order chi connectivity index (χ1) is 12.8. The number of ether oxygens (including phenoxy) is 1. The van der Waals surface area contributed by atoms with E-state index in [0.717, 1.165) is 11.6 Å². The zero-order chi connectivity index (χ0) is 20.0. The van der Waals surface area contributed by atoms with Gasteiger partial charge in [-0.25, -0.2) is 9.18 Å². The predicted molar refractivity (Wildman–Crippen MR) is 98.9 cm³/mol. The van der Waals surface area contributed by atoms with Crippen LogP contribution in [-0.4, -0.2) is 23.9 Å². The van der Waals surface area contributed by atoms with Gasteiger partial charge in [0.25, 0.3) is 5.91 Å². The van der Waals surface area contributed by atoms with Crippen LogP contribution in [0.15, 0.2) is 42.5 Å². The molecule has 2 aromatic carbocycles. The number of esters is 1. The van der Waals surface area contributed by atoms with Gasteiger partial charge in [0.1, 0.15) is 5.82 Å². The molecule has 2 amide bonds. The molecular formula is C19H18ClFN2O4. The molecule has 0 saturated heterocycles. The van der Waals surface area contributed by atoms with Crippen LogP contribution < -0.4 is 10.6 Å². The number of anilines is 1. The van der Waals surface area contributed by atoms with Crippen molar-refractivity contribution in [1.82, 2.24) is 5.32 Å². The van der Waals surface area contributed by atoms with E-state index in [9.17, 15) is 18.8 Å². The monoisotopic (exact) mass is 392 g/mol. The molecule has 2 aromatic rings. The Bertz CT molecular complexity index is 855. The predicted octanol–water partition coefficient (Wildman–Crippen LogP) is 3.30. The normalized spacial score (nSPS) is 11.4. The Morgan fingerprint density at radius 3 is 2.41 bits per heavy atom. The molecule has 0 aliphatic carbocycles. The zero-order valence-corrected chi connectivity index (χ0v) is 15.5. The molecule has 1 unspecified atom stereocenters. The summed E-state index contributed by atoms with van der Waals surface area (Å²) in [5.74, 6) is -2.22. The molecule has 142 valence electrons. The molecule has 8 heteroatoms. The largest absolute Gasteiger partial charge is 0.449 e. The zero-order valence-electron chi connectivity index (χ0n) is 14.7. The summed E-state index contributed by atoms with van der Waals surface area (Å²) in [6.45, 7) is 3.14. The number of nitrogens with one attached hydrogen (secondary N) is 2. The summed E-state index contributed by atoms with van der Waals surface area (Å²) in [4.78, 5) is 35.1. The maximum absolute atomic E-state index is 13.7. The van der Waals surface area contributed by atoms with Gasteiger partial charge >= 0.3 is 5.97 Å². The van der Waals surface area contributed by atoms with E-state index in [0.29, 0.717) is 6.54 Å². The first-order valence-corrected chi connectivity index (χ1v) is 8.44. The molecule has 0 aliphatic rings. The lowest BCUT2D eigenvalue weighted by Gasteiger charge is -2.14. The van der Waals surface area contributed by atoms with Crippen LogP contribution in [-0.2, 0) is 20.9 Å². The number of carbonyl (C=O) groups excluding carboxylic acids is 3. The molecule has 0 spiro atoms. The first kappa shape index (κ1) is 20.4. The summed E-state index contributed by atoms with van der Waals surface area (Å²) < 4.78 is 18.8. The molecule has 2 rings (SSSR count). The summed E-state index contributed by atoms with van der Waals surface area (Å²) in [6, 6.07) is 10.2. The van der Waals surface area contributed by atoms with E-state index in [2.05, 4.69) is 10.6 Å². The van der Waals surface area contributed by atoms with Gasteiger partial charge in [0.15, 0.2) is 6.10 Å². The molecule has 0 fully saturated rings. The topological polar surface area (TPSA) is 84.5 Å². The molecule has 6 nitrogen and oxygen atoms in total. The van der Waals surface area contributed by atoms with Gasteiger partial charge in [0, 0.05) is 18.5 Å². The molecule has 2 N–H and O–H groups in total. The van der Waals surface area contributed by atoms with Crippen LogP contribution in [0, 0.1) is 5.82 Å². The standard InChI is InChI=1S/C19H18ClFN2O4/c1-11(18(25)23-17-8-7-15(20)9-16(17)21)27-19(26)14-5-3-13(4-6-14)10-22-12(2)24/h3-9,11H,10H2,1-2H3,(H,22,24)(H,23,25). The van der Waals surface area contributed by atoms with Gasteiger partial charge in [-0.1, -0.05) is 23.7 Å². The highest BCUT2D eigenvalue weighted by atomic mass is 35.5. The van der Waals surface area contributed by atoms with Crippen molar-refractivity contribution in [2.45, 2.75) is 26.5 Å². The minimum absolute atomic E-state index is 0.0605. The van der Waals surface area contributed by atoms with Gasteiger partial charge < -0.3 is 15.4 Å². The number of carbonyl (C=O) groups is 3. The Hall–Kier alpha value is -2.93. The average molecular weight is 393 g/mol. The summed E-state index contributed by atoms with van der Waals surface area (Å²) >= 11 is 5.66. The summed E-state index contributed by atoms with van der Waals surface area (Å²) in [7, 11) is 0. The molecule has 0 heterocycles. The van der Waals surface area contributed by atoms with Crippen molar-refractivity contribution in [2.24, 2.45) is 0 Å². The minimum Gasteiger partial charge on any atom is -0.449 e. The van der Waals surface area contributed by atoms with Crippen molar-refractivity contribution < 1.29 is 23.5 Å². The molecule has 0 saturated carbocycles. The average Bonchev–Trinajstić information content (AvgIpc) is 2.62. The van der Waals surface area contributed by atoms with Crippen molar-refractivity contribution in [1.29, 1.82) is 0 Å². The Labute approximate surface area is 160 Å². The van der Waals surface area contributed by atoms with Crippen LogP contribution in [0.2, 0.25) is 5.02 Å². The molecular weight excluding hydrogens is 375 g/mol. The fraction of sp³-hybridized carbons (Fsp3) is 0.211. The molecule has 1 atom stereocenters. The van der Waals surface area contributed by atoms with E-state index < -0.39 is 23.8 Å². The lowest BCUT2D eigenvalue weighted by Crippen LogP contribution is -2.30. The Morgan fingerprint density at radius 2 is 1.81 bits per heavy atom. The second kappa shape index (κ2) is 9.14. The van der Waals surface area contributed by atoms with Crippen LogP contribution in [0.5, 0.6) is 0 Å². The maximum Gasteiger partial charge on any atom is 0.338 e. The summed E-state index contributed by atoms with van der Waals surface area (Å²) in [6.07, 6.45) is -1.13. The van der Waals surface area contributed by atoms with Gasteiger partial charge in [-0.3, -0.25) is 9.59 Å². The van der Waals surface area contributed by atoms with Crippen LogP contribution >= 0.6 is 11.6 Å². The van der Waals surface area contributed by atoms with Crippen LogP contribution in [0.25, 0.3) is 0 Å². The second-order valence-electron chi connectivity index (χ2n) is 5.77. The highest BCUT2D eigenvalue weighted by molar-refractivity contribution is 6.30. The third-order valence-electron chi connectivity index (χ3n) is 3.57. The smallest absolute Gasteiger partial charge is 0.338 e. The lowest BCUT2D eigenvalue weighted by molar-refractivity contribution is -0.123. The number of hydrogen-bond acceptors (Lipinski definition) is 4. The summed E-state index contributed by atoms with van der Waals surface area (Å²) in [5, 5.41) is 5.18. The molecule has 27 heavy (non-hydrogen) atoms. The fourth-order valence-corrected chi connectivity index (χ4v) is 2.25. The van der Waals surface area contributed by atoms with Crippen LogP contribution in [0.4, 0.5) is 10.1 Å². The van der Waals surface area contributed by atoms with E-state index in [1.807, 2.05) is 0 Å². The van der Waals surface area contributed by atoms with Gasteiger partial charge in [-0.2, -0.15) is 0 Å². The van der Waals surface area contributed by atoms with E-state index in [1.165, 1.54) is 38.1 Å².